The van der Waals surface area contributed by atoms with E-state index in [1.54, 1.807) is 19.1 Å². The molecule has 10 heteroatoms. The van der Waals surface area contributed by atoms with Crippen LogP contribution in [0.25, 0.3) is 0 Å². The monoisotopic (exact) mass is 486 g/mol. The summed E-state index contributed by atoms with van der Waals surface area (Å²) in [6.45, 7) is 3.92. The Morgan fingerprint density at radius 3 is 2.47 bits per heavy atom. The van der Waals surface area contributed by atoms with Gasteiger partial charge in [0.25, 0.3) is 5.91 Å². The largest absolute Gasteiger partial charge is 0.490 e. The second kappa shape index (κ2) is 12.0. The lowest BCUT2D eigenvalue weighted by atomic mass is 10.1. The van der Waals surface area contributed by atoms with Gasteiger partial charge < -0.3 is 20.1 Å². The van der Waals surface area contributed by atoms with Gasteiger partial charge in [-0.15, -0.1) is 0 Å². The van der Waals surface area contributed by atoms with Crippen molar-refractivity contribution in [2.24, 2.45) is 5.10 Å². The van der Waals surface area contributed by atoms with Crippen molar-refractivity contribution in [1.29, 1.82) is 0 Å². The van der Waals surface area contributed by atoms with Gasteiger partial charge in [0.2, 0.25) is 0 Å². The van der Waals surface area contributed by atoms with E-state index in [4.69, 9.17) is 21.1 Å². The minimum absolute atomic E-state index is 0.0750. The first kappa shape index (κ1) is 25.0. The molecule has 2 aromatic rings. The maximum absolute atomic E-state index is 12.3. The lowest BCUT2D eigenvalue weighted by Gasteiger charge is -2.14. The number of nitrogens with one attached hydrogen (secondary N) is 3. The summed E-state index contributed by atoms with van der Waals surface area (Å²) in [5, 5.41) is 9.33. The predicted molar refractivity (Wildman–Crippen MR) is 129 cm³/mol. The maximum Gasteiger partial charge on any atom is 0.329 e. The molecule has 34 heavy (non-hydrogen) atoms. The first-order valence-corrected chi connectivity index (χ1v) is 11.4. The van der Waals surface area contributed by atoms with Crippen LogP contribution in [0.5, 0.6) is 11.5 Å². The molecule has 3 N–H and O–H groups in total. The predicted octanol–water partition coefficient (Wildman–Crippen LogP) is 3.05. The summed E-state index contributed by atoms with van der Waals surface area (Å²) in [6, 6.07) is 10.8. The van der Waals surface area contributed by atoms with Gasteiger partial charge in [-0.25, -0.2) is 5.43 Å². The van der Waals surface area contributed by atoms with E-state index in [1.807, 2.05) is 24.3 Å². The van der Waals surface area contributed by atoms with Crippen molar-refractivity contribution in [3.63, 3.8) is 0 Å². The molecule has 0 aliphatic heterocycles. The van der Waals surface area contributed by atoms with Gasteiger partial charge in [-0.2, -0.15) is 5.10 Å². The Balaban J connectivity index is 1.60. The molecule has 1 aliphatic rings. The van der Waals surface area contributed by atoms with E-state index in [9.17, 15) is 14.4 Å². The van der Waals surface area contributed by atoms with Crippen LogP contribution in [0.2, 0.25) is 5.02 Å². The van der Waals surface area contributed by atoms with Crippen LogP contribution in [0.15, 0.2) is 41.5 Å². The van der Waals surface area contributed by atoms with Crippen molar-refractivity contribution in [2.45, 2.75) is 39.2 Å². The molecular weight excluding hydrogens is 460 g/mol. The lowest BCUT2D eigenvalue weighted by molar-refractivity contribution is -0.139. The Morgan fingerprint density at radius 2 is 1.82 bits per heavy atom. The number of carbonyl (C=O) groups is 3. The molecule has 9 nitrogen and oxygen atoms in total. The highest BCUT2D eigenvalue weighted by Gasteiger charge is 2.26. The molecule has 0 saturated heterocycles. The molecule has 3 amide bonds. The lowest BCUT2D eigenvalue weighted by Crippen LogP contribution is -2.38. The van der Waals surface area contributed by atoms with Crippen molar-refractivity contribution < 1.29 is 23.9 Å². The molecule has 0 unspecified atom stereocenters. The molecule has 0 atom stereocenters. The highest BCUT2D eigenvalue weighted by atomic mass is 35.5. The number of ether oxygens (including phenoxy) is 2. The molecule has 0 bridgehead atoms. The number of hydrazone groups is 1. The summed E-state index contributed by atoms with van der Waals surface area (Å²) in [5.74, 6) is -1.40. The second-order valence-electron chi connectivity index (χ2n) is 7.60. The minimum atomic E-state index is -0.852. The third kappa shape index (κ3) is 7.48. The molecule has 0 spiro atoms. The van der Waals surface area contributed by atoms with E-state index < -0.39 is 11.8 Å². The van der Waals surface area contributed by atoms with Crippen molar-refractivity contribution in [1.82, 2.24) is 10.7 Å². The van der Waals surface area contributed by atoms with E-state index in [-0.39, 0.29) is 29.3 Å². The zero-order valence-electron chi connectivity index (χ0n) is 19.0. The van der Waals surface area contributed by atoms with Crippen LogP contribution in [-0.4, -0.2) is 43.2 Å². The van der Waals surface area contributed by atoms with E-state index in [2.05, 4.69) is 28.1 Å². The summed E-state index contributed by atoms with van der Waals surface area (Å²) in [6.07, 6.45) is 4.00. The quantitative estimate of drug-likeness (QED) is 0.271. The zero-order chi connectivity index (χ0) is 24.5. The Bertz CT molecular complexity index is 1070. The molecular formula is C24H27ClN4O5. The summed E-state index contributed by atoms with van der Waals surface area (Å²) in [5.41, 5.74) is 4.52. The summed E-state index contributed by atoms with van der Waals surface area (Å²) < 4.78 is 11.2. The van der Waals surface area contributed by atoms with Gasteiger partial charge in [0, 0.05) is 11.7 Å². The van der Waals surface area contributed by atoms with Gasteiger partial charge in [-0.3, -0.25) is 14.4 Å². The fourth-order valence-corrected chi connectivity index (χ4v) is 3.19. The Morgan fingerprint density at radius 1 is 1.09 bits per heavy atom. The van der Waals surface area contributed by atoms with Crippen LogP contribution in [0.3, 0.4) is 0 Å². The van der Waals surface area contributed by atoms with Gasteiger partial charge in [-0.05, 0) is 61.6 Å². The highest BCUT2D eigenvalue weighted by molar-refractivity contribution is 6.35. The third-order valence-electron chi connectivity index (χ3n) is 4.82. The van der Waals surface area contributed by atoms with Crippen molar-refractivity contribution in [2.75, 3.05) is 18.5 Å². The van der Waals surface area contributed by atoms with E-state index in [1.165, 1.54) is 11.8 Å². The zero-order valence-corrected chi connectivity index (χ0v) is 19.8. The van der Waals surface area contributed by atoms with Gasteiger partial charge in [0.15, 0.2) is 18.1 Å². The number of amides is 3. The van der Waals surface area contributed by atoms with Gasteiger partial charge in [-0.1, -0.05) is 30.7 Å². The standard InChI is InChI=1S/C24H27ClN4O5/c1-3-15-5-7-17(8-6-15)27-21(30)14-34-22-19(25)11-16(12-20(22)33-4-2)13-26-29-24(32)23(31)28-18-9-10-18/h5-8,11-13,18H,3-4,9-10,14H2,1-2H3,(H,27,30)(H,28,31)(H,29,32)/b26-13-. The smallest absolute Gasteiger partial charge is 0.329 e. The van der Waals surface area contributed by atoms with Crippen molar-refractivity contribution in [3.8, 4) is 11.5 Å². The van der Waals surface area contributed by atoms with E-state index in [0.717, 1.165) is 19.3 Å². The maximum atomic E-state index is 12.3. The SMILES string of the molecule is CCOc1cc(/C=N\NC(=O)C(=O)NC2CC2)cc(Cl)c1OCC(=O)Nc1ccc(CC)cc1. The number of nitrogens with zero attached hydrogens (tertiary/aromatic N) is 1. The Kier molecular flexibility index (Phi) is 8.86. The van der Waals surface area contributed by atoms with E-state index in [0.29, 0.717) is 23.6 Å². The van der Waals surface area contributed by atoms with Crippen molar-refractivity contribution >= 4 is 41.2 Å². The fraction of sp³-hybridized carbons (Fsp3) is 0.333. The molecule has 180 valence electrons. The fourth-order valence-electron chi connectivity index (χ4n) is 2.92. The number of benzene rings is 2. The van der Waals surface area contributed by atoms with Crippen molar-refractivity contribution in [3.05, 3.63) is 52.5 Å². The van der Waals surface area contributed by atoms with Crippen LogP contribution in [-0.2, 0) is 20.8 Å². The van der Waals surface area contributed by atoms with Crippen LogP contribution >= 0.6 is 11.6 Å². The number of rotatable bonds is 10. The minimum Gasteiger partial charge on any atom is -0.490 e. The Hall–Kier alpha value is -3.59. The molecule has 1 aliphatic carbocycles. The number of hydrogen-bond acceptors (Lipinski definition) is 6. The van der Waals surface area contributed by atoms with Crippen LogP contribution in [0.1, 0.15) is 37.8 Å². The second-order valence-corrected chi connectivity index (χ2v) is 8.00. The first-order valence-electron chi connectivity index (χ1n) is 11.0. The Labute approximate surface area is 202 Å². The van der Waals surface area contributed by atoms with Gasteiger partial charge >= 0.3 is 11.8 Å². The third-order valence-corrected chi connectivity index (χ3v) is 5.10. The van der Waals surface area contributed by atoms with Gasteiger partial charge in [0.05, 0.1) is 17.8 Å². The molecule has 3 rings (SSSR count). The van der Waals surface area contributed by atoms with E-state index >= 15 is 0 Å². The topological polar surface area (TPSA) is 118 Å². The van der Waals surface area contributed by atoms with Crippen LogP contribution in [0, 0.1) is 0 Å². The first-order chi connectivity index (χ1) is 16.4. The average Bonchev–Trinajstić information content (AvgIpc) is 3.63. The summed E-state index contributed by atoms with van der Waals surface area (Å²) in [4.78, 5) is 35.7. The molecule has 0 heterocycles. The highest BCUT2D eigenvalue weighted by Crippen LogP contribution is 2.36. The molecule has 0 aromatic heterocycles. The number of halogens is 1. The summed E-state index contributed by atoms with van der Waals surface area (Å²) >= 11 is 6.35. The summed E-state index contributed by atoms with van der Waals surface area (Å²) in [7, 11) is 0. The molecule has 1 saturated carbocycles. The van der Waals surface area contributed by atoms with Crippen LogP contribution in [0.4, 0.5) is 5.69 Å². The van der Waals surface area contributed by atoms with Crippen LogP contribution < -0.4 is 25.5 Å². The normalized spacial score (nSPS) is 12.8. The molecule has 1 fully saturated rings. The number of carbonyl (C=O) groups excluding carboxylic acids is 3. The van der Waals surface area contributed by atoms with Gasteiger partial charge in [0.1, 0.15) is 0 Å². The molecule has 2 aromatic carbocycles. The molecule has 0 radical (unpaired) electrons. The number of anilines is 1. The average molecular weight is 487 g/mol. The number of hydrogen-bond donors (Lipinski definition) is 3. The number of aryl methyl sites for hydroxylation is 1.